The average Bonchev–Trinajstić information content (AvgIpc) is 2.96. The van der Waals surface area contributed by atoms with Crippen molar-refractivity contribution >= 4 is 16.7 Å². The second kappa shape index (κ2) is 6.74. The van der Waals surface area contributed by atoms with Crippen LogP contribution in [0.2, 0.25) is 0 Å². The molecule has 0 saturated carbocycles. The van der Waals surface area contributed by atoms with Crippen molar-refractivity contribution in [3.63, 3.8) is 0 Å². The fourth-order valence-corrected chi connectivity index (χ4v) is 2.32. The average molecular weight is 333 g/mol. The van der Waals surface area contributed by atoms with E-state index >= 15 is 0 Å². The van der Waals surface area contributed by atoms with Crippen LogP contribution in [0.15, 0.2) is 53.7 Å². The molecule has 124 valence electrons. The van der Waals surface area contributed by atoms with E-state index in [2.05, 4.69) is 10.1 Å². The molecule has 24 heavy (non-hydrogen) atoms. The first kappa shape index (κ1) is 16.0. The highest BCUT2D eigenvalue weighted by Gasteiger charge is 2.19. The molecular formula is C17H14F3N3O. The van der Waals surface area contributed by atoms with Crippen molar-refractivity contribution in [1.82, 2.24) is 9.55 Å². The first-order valence-electron chi connectivity index (χ1n) is 7.23. The van der Waals surface area contributed by atoms with Gasteiger partial charge in [-0.15, -0.1) is 0 Å². The Bertz CT molecular complexity index is 872. The molecular weight excluding hydrogens is 319 g/mol. The van der Waals surface area contributed by atoms with Crippen molar-refractivity contribution in [3.05, 3.63) is 65.7 Å². The number of aromatic nitrogens is 2. The topological polar surface area (TPSA) is 39.4 Å². The molecule has 0 aliphatic heterocycles. The normalized spacial score (nSPS) is 12.1. The van der Waals surface area contributed by atoms with Crippen LogP contribution in [0, 0.1) is 5.82 Å². The lowest BCUT2D eigenvalue weighted by Crippen LogP contribution is -2.10. The zero-order valence-electron chi connectivity index (χ0n) is 12.8. The van der Waals surface area contributed by atoms with Crippen LogP contribution in [0.3, 0.4) is 0 Å². The fraction of sp³-hybridized carbons (Fsp3) is 0.176. The van der Waals surface area contributed by atoms with E-state index in [0.29, 0.717) is 11.0 Å². The molecule has 4 nitrogen and oxygen atoms in total. The predicted molar refractivity (Wildman–Crippen MR) is 84.4 cm³/mol. The Kier molecular flexibility index (Phi) is 4.50. The lowest BCUT2D eigenvalue weighted by Gasteiger charge is -2.07. The number of oxime groups is 1. The van der Waals surface area contributed by atoms with Crippen LogP contribution < -0.4 is 0 Å². The first-order chi connectivity index (χ1) is 11.6. The van der Waals surface area contributed by atoms with Gasteiger partial charge in [0.25, 0.3) is 0 Å². The van der Waals surface area contributed by atoms with Crippen LogP contribution in [-0.2, 0) is 11.4 Å². The van der Waals surface area contributed by atoms with Crippen LogP contribution in [-0.4, -0.2) is 15.3 Å². The summed E-state index contributed by atoms with van der Waals surface area (Å²) in [7, 11) is 0. The van der Waals surface area contributed by atoms with Crippen molar-refractivity contribution < 1.29 is 18.0 Å². The van der Waals surface area contributed by atoms with E-state index in [0.717, 1.165) is 10.1 Å². The van der Waals surface area contributed by atoms with Crippen LogP contribution in [0.5, 0.6) is 0 Å². The Hall–Kier alpha value is -2.83. The highest BCUT2D eigenvalue weighted by Crippen LogP contribution is 2.23. The Morgan fingerprint density at radius 2 is 1.88 bits per heavy atom. The monoisotopic (exact) mass is 333 g/mol. The molecule has 3 aromatic rings. The maximum Gasteiger partial charge on any atom is 0.320 e. The Morgan fingerprint density at radius 3 is 2.58 bits per heavy atom. The molecule has 0 aliphatic carbocycles. The van der Waals surface area contributed by atoms with Gasteiger partial charge in [-0.25, -0.2) is 9.37 Å². The summed E-state index contributed by atoms with van der Waals surface area (Å²) in [6.07, 6.45) is 0. The molecule has 2 aromatic carbocycles. The molecule has 7 heteroatoms. The van der Waals surface area contributed by atoms with Crippen LogP contribution in [0.1, 0.15) is 24.9 Å². The number of rotatable bonds is 5. The fourth-order valence-electron chi connectivity index (χ4n) is 2.32. The first-order valence-corrected chi connectivity index (χ1v) is 7.23. The number of nitrogens with zero attached hydrogens (tertiary/aromatic N) is 3. The maximum absolute atomic E-state index is 13.4. The third-order valence-electron chi connectivity index (χ3n) is 3.46. The molecule has 0 spiro atoms. The van der Waals surface area contributed by atoms with Gasteiger partial charge in [0.2, 0.25) is 0 Å². The van der Waals surface area contributed by atoms with E-state index in [9.17, 15) is 13.2 Å². The number of alkyl halides is 2. The van der Waals surface area contributed by atoms with E-state index in [1.54, 1.807) is 43.3 Å². The van der Waals surface area contributed by atoms with Crippen molar-refractivity contribution in [1.29, 1.82) is 0 Å². The summed E-state index contributed by atoms with van der Waals surface area (Å²) in [6, 6.07) is 12.4. The van der Waals surface area contributed by atoms with Gasteiger partial charge in [0.1, 0.15) is 18.1 Å². The molecule has 0 aliphatic rings. The van der Waals surface area contributed by atoms with E-state index in [4.69, 9.17) is 4.84 Å². The van der Waals surface area contributed by atoms with Gasteiger partial charge < -0.3 is 4.84 Å². The van der Waals surface area contributed by atoms with Gasteiger partial charge in [-0.3, -0.25) is 4.57 Å². The van der Waals surface area contributed by atoms with Crippen LogP contribution >= 0.6 is 0 Å². The quantitative estimate of drug-likeness (QED) is 0.509. The van der Waals surface area contributed by atoms with Gasteiger partial charge in [0.15, 0.2) is 5.82 Å². The summed E-state index contributed by atoms with van der Waals surface area (Å²) in [5.74, 6) is -0.297. The van der Waals surface area contributed by atoms with Crippen molar-refractivity contribution in [2.45, 2.75) is 20.1 Å². The minimum absolute atomic E-state index is 0.0466. The lowest BCUT2D eigenvalue weighted by molar-refractivity contribution is 0.0736. The molecule has 1 heterocycles. The zero-order valence-corrected chi connectivity index (χ0v) is 12.8. The van der Waals surface area contributed by atoms with Crippen LogP contribution in [0.25, 0.3) is 11.0 Å². The molecule has 0 bridgehead atoms. The lowest BCUT2D eigenvalue weighted by atomic mass is 10.2. The van der Waals surface area contributed by atoms with Crippen molar-refractivity contribution in [2.75, 3.05) is 0 Å². The van der Waals surface area contributed by atoms with Crippen molar-refractivity contribution in [2.24, 2.45) is 5.16 Å². The van der Waals surface area contributed by atoms with Gasteiger partial charge in [0.05, 0.1) is 11.0 Å². The molecule has 0 N–H and O–H groups in total. The molecule has 0 radical (unpaired) electrons. The summed E-state index contributed by atoms with van der Waals surface area (Å²) in [5.41, 5.74) is 1.74. The Labute approximate surface area is 136 Å². The molecule has 0 amide bonds. The number of para-hydroxylation sites is 2. The van der Waals surface area contributed by atoms with Crippen molar-refractivity contribution in [3.8, 4) is 0 Å². The van der Waals surface area contributed by atoms with Gasteiger partial charge in [-0.05, 0) is 36.8 Å². The largest absolute Gasteiger partial charge is 0.391 e. The Balaban J connectivity index is 1.83. The summed E-state index contributed by atoms with van der Waals surface area (Å²) in [5, 5.41) is 3.86. The predicted octanol–water partition coefficient (Wildman–Crippen LogP) is 4.51. The second-order valence-corrected chi connectivity index (χ2v) is 5.15. The number of hydrogen-bond acceptors (Lipinski definition) is 3. The highest BCUT2D eigenvalue weighted by atomic mass is 19.3. The number of fused-ring (bicyclic) bond motifs is 1. The summed E-state index contributed by atoms with van der Waals surface area (Å²) < 4.78 is 40.4. The minimum Gasteiger partial charge on any atom is -0.391 e. The van der Waals surface area contributed by atoms with Gasteiger partial charge >= 0.3 is 6.55 Å². The molecule has 3 rings (SSSR count). The summed E-state index contributed by atoms with van der Waals surface area (Å²) in [6.45, 7) is -1.09. The summed E-state index contributed by atoms with van der Waals surface area (Å²) in [4.78, 5) is 9.37. The van der Waals surface area contributed by atoms with E-state index in [1.807, 2.05) is 0 Å². The van der Waals surface area contributed by atoms with Gasteiger partial charge in [-0.1, -0.05) is 29.4 Å². The summed E-state index contributed by atoms with van der Waals surface area (Å²) >= 11 is 0. The van der Waals surface area contributed by atoms with Gasteiger partial charge in [0, 0.05) is 0 Å². The molecule has 0 fully saturated rings. The third-order valence-corrected chi connectivity index (χ3v) is 3.46. The SMILES string of the molecule is C/C(=N\OCc1ccc(F)cc1)c1nc2ccccc2n1C(F)F. The smallest absolute Gasteiger partial charge is 0.320 e. The molecule has 0 saturated heterocycles. The Morgan fingerprint density at radius 1 is 1.17 bits per heavy atom. The maximum atomic E-state index is 13.4. The van der Waals surface area contributed by atoms with E-state index in [1.165, 1.54) is 12.1 Å². The van der Waals surface area contributed by atoms with Gasteiger partial charge in [-0.2, -0.15) is 8.78 Å². The number of halogens is 3. The van der Waals surface area contributed by atoms with E-state index in [-0.39, 0.29) is 24.0 Å². The number of imidazole rings is 1. The highest BCUT2D eigenvalue weighted by molar-refractivity contribution is 5.98. The molecule has 0 unspecified atom stereocenters. The molecule has 0 atom stereocenters. The standard InChI is InChI=1S/C17H14F3N3O/c1-11(22-24-10-12-6-8-13(18)9-7-12)16-21-14-4-2-3-5-15(14)23(16)17(19)20/h2-9,17H,10H2,1H3/b22-11+. The second-order valence-electron chi connectivity index (χ2n) is 5.15. The number of benzene rings is 2. The molecule has 1 aromatic heterocycles. The third kappa shape index (κ3) is 3.24. The van der Waals surface area contributed by atoms with Crippen LogP contribution in [0.4, 0.5) is 13.2 Å². The number of hydrogen-bond donors (Lipinski definition) is 0. The zero-order chi connectivity index (χ0) is 17.1. The minimum atomic E-state index is -2.74. The van der Waals surface area contributed by atoms with E-state index < -0.39 is 6.55 Å².